The average molecular weight is 235 g/mol. The summed E-state index contributed by atoms with van der Waals surface area (Å²) in [4.78, 5) is 12.8. The number of hydrogen-bond donors (Lipinski definition) is 1. The third-order valence-electron chi connectivity index (χ3n) is 2.86. The lowest BCUT2D eigenvalue weighted by Gasteiger charge is -2.30. The van der Waals surface area contributed by atoms with Gasteiger partial charge in [-0.25, -0.2) is 0 Å². The monoisotopic (exact) mass is 235 g/mol. The van der Waals surface area contributed by atoms with Crippen LogP contribution >= 0.6 is 0 Å². The van der Waals surface area contributed by atoms with Gasteiger partial charge in [0.25, 0.3) is 0 Å². The van der Waals surface area contributed by atoms with E-state index in [9.17, 15) is 4.79 Å². The fourth-order valence-corrected chi connectivity index (χ4v) is 1.90. The second-order valence-electron chi connectivity index (χ2n) is 4.72. The molecule has 0 radical (unpaired) electrons. The zero-order chi connectivity index (χ0) is 13.0. The molecule has 1 N–H and O–H groups in total. The van der Waals surface area contributed by atoms with Gasteiger partial charge in [0.15, 0.2) is 0 Å². The Morgan fingerprint density at radius 2 is 2.00 bits per heavy atom. The molecule has 94 valence electrons. The summed E-state index contributed by atoms with van der Waals surface area (Å²) in [6.45, 7) is 8.84. The second-order valence-corrected chi connectivity index (χ2v) is 4.72. The summed E-state index contributed by atoms with van der Waals surface area (Å²) < 4.78 is 0. The smallest absolute Gasteiger partial charge is 0.305 e. The molecule has 0 saturated carbocycles. The van der Waals surface area contributed by atoms with Gasteiger partial charge in [-0.15, -0.1) is 0 Å². The molecule has 0 fully saturated rings. The summed E-state index contributed by atoms with van der Waals surface area (Å²) in [5.41, 5.74) is 3.53. The van der Waals surface area contributed by atoms with Gasteiger partial charge in [-0.1, -0.05) is 12.1 Å². The van der Waals surface area contributed by atoms with E-state index in [4.69, 9.17) is 5.11 Å². The normalized spacial score (nSPS) is 10.6. The second kappa shape index (κ2) is 5.71. The van der Waals surface area contributed by atoms with Crippen molar-refractivity contribution in [1.29, 1.82) is 0 Å². The molecule has 0 aliphatic carbocycles. The van der Waals surface area contributed by atoms with Crippen LogP contribution in [0.1, 0.15) is 31.4 Å². The fourth-order valence-electron chi connectivity index (χ4n) is 1.90. The number of carboxylic acid groups (broad SMARTS) is 1. The summed E-state index contributed by atoms with van der Waals surface area (Å²) in [6.07, 6.45) is 0.172. The van der Waals surface area contributed by atoms with Crippen molar-refractivity contribution in [3.63, 3.8) is 0 Å². The molecule has 0 aliphatic rings. The van der Waals surface area contributed by atoms with Crippen LogP contribution in [0.4, 0.5) is 5.69 Å². The van der Waals surface area contributed by atoms with Gasteiger partial charge in [0.2, 0.25) is 0 Å². The highest BCUT2D eigenvalue weighted by Crippen LogP contribution is 2.23. The Morgan fingerprint density at radius 3 is 2.53 bits per heavy atom. The van der Waals surface area contributed by atoms with E-state index in [1.807, 2.05) is 0 Å². The summed E-state index contributed by atoms with van der Waals surface area (Å²) in [7, 11) is 0. The van der Waals surface area contributed by atoms with Gasteiger partial charge in [0.05, 0.1) is 6.42 Å². The molecule has 1 aromatic carbocycles. The van der Waals surface area contributed by atoms with Crippen LogP contribution < -0.4 is 4.90 Å². The molecule has 0 saturated heterocycles. The predicted octanol–water partition coefficient (Wildman–Crippen LogP) is 2.99. The van der Waals surface area contributed by atoms with Gasteiger partial charge < -0.3 is 10.0 Å². The molecule has 3 nitrogen and oxygen atoms in total. The first-order chi connectivity index (χ1) is 7.91. The Hall–Kier alpha value is -1.51. The molecule has 0 spiro atoms. The van der Waals surface area contributed by atoms with E-state index in [0.717, 1.165) is 5.69 Å². The minimum absolute atomic E-state index is 0.172. The quantitative estimate of drug-likeness (QED) is 0.853. The number of rotatable bonds is 5. The molecule has 0 bridgehead atoms. The summed E-state index contributed by atoms with van der Waals surface area (Å²) in [5.74, 6) is -0.749. The highest BCUT2D eigenvalue weighted by Gasteiger charge is 2.14. The van der Waals surface area contributed by atoms with Crippen LogP contribution in [-0.4, -0.2) is 23.7 Å². The fraction of sp³-hybridized carbons (Fsp3) is 0.500. The molecular formula is C14H21NO2. The van der Waals surface area contributed by atoms with Crippen molar-refractivity contribution in [2.45, 2.75) is 40.2 Å². The first-order valence-electron chi connectivity index (χ1n) is 5.97. The molecule has 0 aliphatic heterocycles. The number of nitrogens with zero attached hydrogens (tertiary/aromatic N) is 1. The van der Waals surface area contributed by atoms with E-state index in [-0.39, 0.29) is 6.42 Å². The average Bonchev–Trinajstić information content (AvgIpc) is 2.22. The van der Waals surface area contributed by atoms with Gasteiger partial charge in [0.1, 0.15) is 0 Å². The Bertz CT molecular complexity index is 399. The minimum Gasteiger partial charge on any atom is -0.481 e. The van der Waals surface area contributed by atoms with Crippen molar-refractivity contribution in [2.75, 3.05) is 11.4 Å². The first-order valence-corrected chi connectivity index (χ1v) is 5.97. The van der Waals surface area contributed by atoms with Gasteiger partial charge in [0, 0.05) is 18.3 Å². The number of aryl methyl sites for hydroxylation is 2. The Balaban J connectivity index is 2.96. The zero-order valence-corrected chi connectivity index (χ0v) is 11.0. The van der Waals surface area contributed by atoms with E-state index in [1.54, 1.807) is 0 Å². The van der Waals surface area contributed by atoms with Crippen LogP contribution in [0.3, 0.4) is 0 Å². The Kier molecular flexibility index (Phi) is 4.55. The number of aliphatic carboxylic acids is 1. The number of anilines is 1. The van der Waals surface area contributed by atoms with Crippen LogP contribution in [0.2, 0.25) is 0 Å². The van der Waals surface area contributed by atoms with Crippen molar-refractivity contribution in [1.82, 2.24) is 0 Å². The molecular weight excluding hydrogens is 214 g/mol. The van der Waals surface area contributed by atoms with Crippen molar-refractivity contribution in [2.24, 2.45) is 0 Å². The maximum atomic E-state index is 10.7. The maximum absolute atomic E-state index is 10.7. The summed E-state index contributed by atoms with van der Waals surface area (Å²) in [6, 6.07) is 6.59. The largest absolute Gasteiger partial charge is 0.481 e. The summed E-state index contributed by atoms with van der Waals surface area (Å²) >= 11 is 0. The van der Waals surface area contributed by atoms with Crippen LogP contribution in [0.5, 0.6) is 0 Å². The number of carboxylic acids is 1. The third kappa shape index (κ3) is 3.77. The van der Waals surface area contributed by atoms with Crippen molar-refractivity contribution < 1.29 is 9.90 Å². The molecule has 0 unspecified atom stereocenters. The third-order valence-corrected chi connectivity index (χ3v) is 2.86. The molecule has 0 atom stereocenters. The van der Waals surface area contributed by atoms with Gasteiger partial charge in [-0.2, -0.15) is 0 Å². The summed E-state index contributed by atoms with van der Waals surface area (Å²) in [5, 5.41) is 8.79. The molecule has 0 amide bonds. The minimum atomic E-state index is -0.749. The van der Waals surface area contributed by atoms with Crippen LogP contribution in [-0.2, 0) is 4.79 Å². The molecule has 1 rings (SSSR count). The van der Waals surface area contributed by atoms with Crippen molar-refractivity contribution in [3.05, 3.63) is 29.3 Å². The topological polar surface area (TPSA) is 40.5 Å². The molecule has 0 aromatic heterocycles. The van der Waals surface area contributed by atoms with Crippen molar-refractivity contribution in [3.8, 4) is 0 Å². The highest BCUT2D eigenvalue weighted by molar-refractivity contribution is 5.68. The molecule has 17 heavy (non-hydrogen) atoms. The highest BCUT2D eigenvalue weighted by atomic mass is 16.4. The predicted molar refractivity (Wildman–Crippen MR) is 70.7 cm³/mol. The molecule has 1 aromatic rings. The van der Waals surface area contributed by atoms with E-state index in [1.165, 1.54) is 11.1 Å². The van der Waals surface area contributed by atoms with Crippen LogP contribution in [0, 0.1) is 13.8 Å². The standard InChI is InChI=1S/C14H21NO2/c1-10(2)15(8-7-14(16)17)13-9-11(3)5-6-12(13)4/h5-6,9-10H,7-8H2,1-4H3,(H,16,17). The van der Waals surface area contributed by atoms with E-state index >= 15 is 0 Å². The lowest BCUT2D eigenvalue weighted by atomic mass is 10.1. The molecule has 0 heterocycles. The van der Waals surface area contributed by atoms with E-state index in [0.29, 0.717) is 12.6 Å². The first kappa shape index (κ1) is 13.6. The molecule has 3 heteroatoms. The lowest BCUT2D eigenvalue weighted by molar-refractivity contribution is -0.136. The number of hydrogen-bond acceptors (Lipinski definition) is 2. The van der Waals surface area contributed by atoms with E-state index < -0.39 is 5.97 Å². The van der Waals surface area contributed by atoms with Gasteiger partial charge in [-0.05, 0) is 44.9 Å². The van der Waals surface area contributed by atoms with Gasteiger partial charge >= 0.3 is 5.97 Å². The number of benzene rings is 1. The zero-order valence-electron chi connectivity index (χ0n) is 11.0. The maximum Gasteiger partial charge on any atom is 0.305 e. The van der Waals surface area contributed by atoms with Crippen LogP contribution in [0.15, 0.2) is 18.2 Å². The van der Waals surface area contributed by atoms with Gasteiger partial charge in [-0.3, -0.25) is 4.79 Å². The van der Waals surface area contributed by atoms with Crippen molar-refractivity contribution >= 4 is 11.7 Å². The lowest BCUT2D eigenvalue weighted by Crippen LogP contribution is -2.33. The SMILES string of the molecule is Cc1ccc(C)c(N(CCC(=O)O)C(C)C)c1. The van der Waals surface area contributed by atoms with E-state index in [2.05, 4.69) is 50.8 Å². The Morgan fingerprint density at radius 1 is 1.35 bits per heavy atom. The number of carbonyl (C=O) groups is 1. The Labute approximate surface area is 103 Å². The van der Waals surface area contributed by atoms with Crippen LogP contribution in [0.25, 0.3) is 0 Å².